The van der Waals surface area contributed by atoms with E-state index in [0.29, 0.717) is 31.2 Å². The van der Waals surface area contributed by atoms with Crippen molar-refractivity contribution in [1.82, 2.24) is 15.6 Å². The SMILES string of the molecule is C=C(NCN)c1ccnc(CNC/C(=N/C=C(C)C)C(C)C)c1CCc1ccc(F)c(C)c1. The van der Waals surface area contributed by atoms with E-state index in [1.807, 2.05) is 44.4 Å². The first-order valence-corrected chi connectivity index (χ1v) is 11.5. The van der Waals surface area contributed by atoms with Gasteiger partial charge in [0.1, 0.15) is 5.82 Å². The number of aromatic nitrogens is 1. The minimum Gasteiger partial charge on any atom is -0.373 e. The van der Waals surface area contributed by atoms with Gasteiger partial charge in [0.25, 0.3) is 0 Å². The van der Waals surface area contributed by atoms with Gasteiger partial charge in [-0.15, -0.1) is 0 Å². The van der Waals surface area contributed by atoms with Gasteiger partial charge < -0.3 is 16.4 Å². The van der Waals surface area contributed by atoms with Gasteiger partial charge in [0, 0.05) is 42.5 Å². The van der Waals surface area contributed by atoms with Crippen LogP contribution in [-0.4, -0.2) is 23.9 Å². The second-order valence-electron chi connectivity index (χ2n) is 8.81. The fourth-order valence-corrected chi connectivity index (χ4v) is 3.52. The maximum Gasteiger partial charge on any atom is 0.126 e. The topological polar surface area (TPSA) is 75.3 Å². The van der Waals surface area contributed by atoms with Crippen molar-refractivity contribution in [3.8, 4) is 0 Å². The van der Waals surface area contributed by atoms with Gasteiger partial charge in [-0.25, -0.2) is 4.39 Å². The summed E-state index contributed by atoms with van der Waals surface area (Å²) in [5, 5.41) is 6.63. The van der Waals surface area contributed by atoms with E-state index in [-0.39, 0.29) is 5.82 Å². The quantitative estimate of drug-likeness (QED) is 0.317. The molecule has 5 nitrogen and oxygen atoms in total. The average Bonchev–Trinajstić information content (AvgIpc) is 2.76. The van der Waals surface area contributed by atoms with Crippen LogP contribution < -0.4 is 16.4 Å². The van der Waals surface area contributed by atoms with Crippen molar-refractivity contribution in [3.63, 3.8) is 0 Å². The molecule has 0 saturated heterocycles. The predicted octanol–water partition coefficient (Wildman–Crippen LogP) is 4.90. The first kappa shape index (κ1) is 26.4. The maximum atomic E-state index is 13.7. The molecular weight excluding hydrogens is 413 g/mol. The molecule has 178 valence electrons. The zero-order chi connectivity index (χ0) is 24.4. The van der Waals surface area contributed by atoms with Crippen LogP contribution in [0.5, 0.6) is 0 Å². The molecule has 0 unspecified atom stereocenters. The molecule has 0 amide bonds. The summed E-state index contributed by atoms with van der Waals surface area (Å²) >= 11 is 0. The van der Waals surface area contributed by atoms with Crippen molar-refractivity contribution in [2.45, 2.75) is 54.0 Å². The summed E-state index contributed by atoms with van der Waals surface area (Å²) in [6, 6.07) is 7.25. The summed E-state index contributed by atoms with van der Waals surface area (Å²) in [5.74, 6) is 0.170. The Bertz CT molecular complexity index is 1000. The van der Waals surface area contributed by atoms with E-state index in [1.165, 1.54) is 11.6 Å². The number of nitrogens with one attached hydrogen (secondary N) is 2. The van der Waals surface area contributed by atoms with Crippen molar-refractivity contribution in [2.75, 3.05) is 13.2 Å². The monoisotopic (exact) mass is 451 g/mol. The Labute approximate surface area is 198 Å². The van der Waals surface area contributed by atoms with E-state index in [9.17, 15) is 4.39 Å². The van der Waals surface area contributed by atoms with E-state index in [1.54, 1.807) is 6.92 Å². The molecule has 0 aliphatic rings. The summed E-state index contributed by atoms with van der Waals surface area (Å²) in [6.07, 6.45) is 5.26. The molecule has 6 heteroatoms. The largest absolute Gasteiger partial charge is 0.373 e. The third kappa shape index (κ3) is 8.22. The molecule has 0 fully saturated rings. The van der Waals surface area contributed by atoms with E-state index in [2.05, 4.69) is 41.0 Å². The third-order valence-electron chi connectivity index (χ3n) is 5.43. The lowest BCUT2D eigenvalue weighted by molar-refractivity contribution is 0.617. The van der Waals surface area contributed by atoms with Crippen LogP contribution in [0, 0.1) is 18.7 Å². The number of allylic oxidation sites excluding steroid dienone is 1. The number of aliphatic imine (C=N–C) groups is 1. The number of benzene rings is 1. The fourth-order valence-electron chi connectivity index (χ4n) is 3.52. The number of nitrogens with zero attached hydrogens (tertiary/aromatic N) is 2. The Balaban J connectivity index is 2.24. The van der Waals surface area contributed by atoms with E-state index >= 15 is 0 Å². The first-order valence-electron chi connectivity index (χ1n) is 11.5. The van der Waals surface area contributed by atoms with Crippen LogP contribution in [0.1, 0.15) is 55.6 Å². The molecule has 2 rings (SSSR count). The molecule has 1 heterocycles. The molecular formula is C27H38FN5. The summed E-state index contributed by atoms with van der Waals surface area (Å²) in [6.45, 7) is 15.9. The van der Waals surface area contributed by atoms with Gasteiger partial charge in [0.2, 0.25) is 0 Å². The normalized spacial score (nSPS) is 11.6. The zero-order valence-corrected chi connectivity index (χ0v) is 20.6. The molecule has 1 aromatic carbocycles. The van der Waals surface area contributed by atoms with Crippen LogP contribution in [0.15, 0.2) is 53.8 Å². The van der Waals surface area contributed by atoms with Gasteiger partial charge in [-0.3, -0.25) is 9.98 Å². The van der Waals surface area contributed by atoms with E-state index in [0.717, 1.165) is 46.6 Å². The molecule has 0 bridgehead atoms. The lowest BCUT2D eigenvalue weighted by atomic mass is 9.96. The molecule has 0 aliphatic carbocycles. The number of rotatable bonds is 12. The van der Waals surface area contributed by atoms with Gasteiger partial charge in [0.05, 0.1) is 12.4 Å². The highest BCUT2D eigenvalue weighted by atomic mass is 19.1. The lowest BCUT2D eigenvalue weighted by Crippen LogP contribution is -2.27. The van der Waals surface area contributed by atoms with Gasteiger partial charge in [-0.2, -0.15) is 0 Å². The minimum atomic E-state index is -0.179. The van der Waals surface area contributed by atoms with Crippen molar-refractivity contribution < 1.29 is 4.39 Å². The Morgan fingerprint density at radius 1 is 1.24 bits per heavy atom. The number of halogens is 1. The van der Waals surface area contributed by atoms with Gasteiger partial charge >= 0.3 is 0 Å². The van der Waals surface area contributed by atoms with Crippen LogP contribution in [0.2, 0.25) is 0 Å². The minimum absolute atomic E-state index is 0.179. The molecule has 0 atom stereocenters. The van der Waals surface area contributed by atoms with Crippen LogP contribution in [0.3, 0.4) is 0 Å². The van der Waals surface area contributed by atoms with Crippen LogP contribution in [0.4, 0.5) is 4.39 Å². The molecule has 33 heavy (non-hydrogen) atoms. The highest BCUT2D eigenvalue weighted by Gasteiger charge is 2.14. The van der Waals surface area contributed by atoms with Crippen LogP contribution >= 0.6 is 0 Å². The maximum absolute atomic E-state index is 13.7. The van der Waals surface area contributed by atoms with Crippen LogP contribution in [0.25, 0.3) is 5.70 Å². The standard InChI is InChI=1S/C27H38FN5/c1-18(2)14-32-26(19(3)4)15-30-16-27-24(23(11-12-31-27)21(6)33-17-29)9-7-22-8-10-25(28)20(5)13-22/h8,10-14,19,30,33H,6-7,9,15-17,29H2,1-5H3/b32-26-. The van der Waals surface area contributed by atoms with Gasteiger partial charge in [-0.05, 0) is 68.4 Å². The molecule has 2 aromatic rings. The first-order chi connectivity index (χ1) is 15.7. The van der Waals surface area contributed by atoms with Crippen molar-refractivity contribution in [1.29, 1.82) is 0 Å². The Morgan fingerprint density at radius 2 is 2.00 bits per heavy atom. The summed E-state index contributed by atoms with van der Waals surface area (Å²) in [5.41, 5.74) is 13.6. The molecule has 0 saturated carbocycles. The third-order valence-corrected chi connectivity index (χ3v) is 5.43. The Kier molecular flexibility index (Phi) is 10.4. The summed E-state index contributed by atoms with van der Waals surface area (Å²) in [4.78, 5) is 9.31. The number of hydrogen-bond donors (Lipinski definition) is 3. The van der Waals surface area contributed by atoms with E-state index < -0.39 is 0 Å². The highest BCUT2D eigenvalue weighted by Crippen LogP contribution is 2.21. The number of aryl methyl sites for hydroxylation is 2. The van der Waals surface area contributed by atoms with Crippen molar-refractivity contribution in [2.24, 2.45) is 16.6 Å². The van der Waals surface area contributed by atoms with E-state index in [4.69, 9.17) is 5.73 Å². The molecule has 4 N–H and O–H groups in total. The number of pyridine rings is 1. The van der Waals surface area contributed by atoms with Crippen molar-refractivity contribution >= 4 is 11.4 Å². The highest BCUT2D eigenvalue weighted by molar-refractivity contribution is 5.88. The predicted molar refractivity (Wildman–Crippen MR) is 137 cm³/mol. The number of nitrogens with two attached hydrogens (primary N) is 1. The van der Waals surface area contributed by atoms with Crippen LogP contribution in [-0.2, 0) is 19.4 Å². The van der Waals surface area contributed by atoms with Gasteiger partial charge in [-0.1, -0.05) is 38.1 Å². The Hall–Kier alpha value is -2.83. The second kappa shape index (κ2) is 13.0. The van der Waals surface area contributed by atoms with Crippen molar-refractivity contribution in [3.05, 3.63) is 82.6 Å². The van der Waals surface area contributed by atoms with Gasteiger partial charge in [0.15, 0.2) is 0 Å². The molecule has 0 radical (unpaired) electrons. The number of hydrogen-bond acceptors (Lipinski definition) is 5. The average molecular weight is 452 g/mol. The fraction of sp³-hybridized carbons (Fsp3) is 0.407. The molecule has 1 aromatic heterocycles. The summed E-state index contributed by atoms with van der Waals surface area (Å²) < 4.78 is 13.7. The summed E-state index contributed by atoms with van der Waals surface area (Å²) in [7, 11) is 0. The zero-order valence-electron chi connectivity index (χ0n) is 20.6. The molecule has 0 spiro atoms. The smallest absolute Gasteiger partial charge is 0.126 e. The second-order valence-corrected chi connectivity index (χ2v) is 8.81. The Morgan fingerprint density at radius 3 is 2.64 bits per heavy atom. The lowest BCUT2D eigenvalue weighted by Gasteiger charge is -2.18. The molecule has 0 aliphatic heterocycles.